The molecule has 4 nitrogen and oxygen atoms in total. The van der Waals surface area contributed by atoms with Gasteiger partial charge in [-0.25, -0.2) is 9.37 Å². The predicted molar refractivity (Wildman–Crippen MR) is 99.6 cm³/mol. The average molecular weight is 366 g/mol. The zero-order chi connectivity index (χ0) is 17.9. The Morgan fingerprint density at radius 1 is 1.04 bits per heavy atom. The Morgan fingerprint density at radius 2 is 1.73 bits per heavy atom. The van der Waals surface area contributed by atoms with E-state index in [0.717, 1.165) is 16.5 Å². The van der Waals surface area contributed by atoms with Gasteiger partial charge in [-0.3, -0.25) is 4.79 Å². The number of hydrogen-bond acceptors (Lipinski definition) is 4. The highest BCUT2D eigenvalue weighted by Crippen LogP contribution is 2.33. The predicted octanol–water partition coefficient (Wildman–Crippen LogP) is 4.77. The summed E-state index contributed by atoms with van der Waals surface area (Å²) in [4.78, 5) is 19.0. The molecule has 1 amide bonds. The molecule has 2 heterocycles. The van der Waals surface area contributed by atoms with Crippen LogP contribution in [0.2, 0.25) is 0 Å². The van der Waals surface area contributed by atoms with Crippen LogP contribution in [0.5, 0.6) is 11.5 Å². The third-order valence-electron chi connectivity index (χ3n) is 3.99. The Balaban J connectivity index is 1.52. The standard InChI is InChI=1S/C20H15FN2O2S/c21-15-5-9-17(10-6-15)25-16-7-3-14(4-8-16)20(24)23-12-13-26-19-18(23)2-1-11-22-19/h1-11H,12-13H2. The molecule has 4 rings (SSSR count). The van der Waals surface area contributed by atoms with Crippen molar-refractivity contribution in [3.63, 3.8) is 0 Å². The fourth-order valence-electron chi connectivity index (χ4n) is 2.72. The molecular weight excluding hydrogens is 351 g/mol. The van der Waals surface area contributed by atoms with Gasteiger partial charge in [0.2, 0.25) is 0 Å². The SMILES string of the molecule is O=C(c1ccc(Oc2ccc(F)cc2)cc1)N1CCSc2ncccc21. The van der Waals surface area contributed by atoms with E-state index in [2.05, 4.69) is 4.98 Å². The van der Waals surface area contributed by atoms with Crippen LogP contribution in [0.3, 0.4) is 0 Å². The Hall–Kier alpha value is -2.86. The lowest BCUT2D eigenvalue weighted by Gasteiger charge is -2.28. The number of carbonyl (C=O) groups is 1. The topological polar surface area (TPSA) is 42.4 Å². The third kappa shape index (κ3) is 3.41. The maximum absolute atomic E-state index is 12.9. The number of ether oxygens (including phenoxy) is 1. The highest BCUT2D eigenvalue weighted by atomic mass is 32.2. The maximum atomic E-state index is 12.9. The largest absolute Gasteiger partial charge is 0.457 e. The molecule has 1 aliphatic rings. The minimum absolute atomic E-state index is 0.0621. The normalized spacial score (nSPS) is 13.2. The molecular formula is C20H15FN2O2S. The first-order chi connectivity index (χ1) is 12.7. The van der Waals surface area contributed by atoms with Crippen LogP contribution in [0.1, 0.15) is 10.4 Å². The zero-order valence-corrected chi connectivity index (χ0v) is 14.6. The molecule has 0 fully saturated rings. The van der Waals surface area contributed by atoms with Gasteiger partial charge in [0, 0.05) is 24.1 Å². The molecule has 1 aromatic heterocycles. The number of aromatic nitrogens is 1. The van der Waals surface area contributed by atoms with Crippen molar-refractivity contribution in [2.45, 2.75) is 5.03 Å². The van der Waals surface area contributed by atoms with Gasteiger partial charge in [-0.15, -0.1) is 11.8 Å². The molecule has 26 heavy (non-hydrogen) atoms. The van der Waals surface area contributed by atoms with Crippen molar-refractivity contribution in [3.8, 4) is 11.5 Å². The summed E-state index contributed by atoms with van der Waals surface area (Å²) in [5.74, 6) is 1.57. The summed E-state index contributed by atoms with van der Waals surface area (Å²) >= 11 is 1.66. The number of rotatable bonds is 3. The average Bonchev–Trinajstić information content (AvgIpc) is 2.69. The Kier molecular flexibility index (Phi) is 4.58. The lowest BCUT2D eigenvalue weighted by atomic mass is 10.1. The molecule has 3 aromatic rings. The molecule has 0 atom stereocenters. The van der Waals surface area contributed by atoms with Crippen LogP contribution in [0.4, 0.5) is 10.1 Å². The van der Waals surface area contributed by atoms with E-state index in [-0.39, 0.29) is 11.7 Å². The Bertz CT molecular complexity index is 929. The van der Waals surface area contributed by atoms with Gasteiger partial charge in [-0.2, -0.15) is 0 Å². The summed E-state index contributed by atoms with van der Waals surface area (Å²) in [5.41, 5.74) is 1.43. The fourth-order valence-corrected chi connectivity index (χ4v) is 3.65. The maximum Gasteiger partial charge on any atom is 0.258 e. The van der Waals surface area contributed by atoms with Crippen LogP contribution in [0, 0.1) is 5.82 Å². The van der Waals surface area contributed by atoms with Gasteiger partial charge < -0.3 is 9.64 Å². The van der Waals surface area contributed by atoms with Crippen LogP contribution in [0.15, 0.2) is 71.9 Å². The molecule has 0 aliphatic carbocycles. The monoisotopic (exact) mass is 366 g/mol. The van der Waals surface area contributed by atoms with E-state index in [1.54, 1.807) is 59.3 Å². The summed E-state index contributed by atoms with van der Waals surface area (Å²) < 4.78 is 18.6. The summed E-state index contributed by atoms with van der Waals surface area (Å²) in [7, 11) is 0. The Morgan fingerprint density at radius 3 is 2.46 bits per heavy atom. The van der Waals surface area contributed by atoms with E-state index in [1.807, 2.05) is 12.1 Å². The van der Waals surface area contributed by atoms with E-state index < -0.39 is 0 Å². The molecule has 0 saturated heterocycles. The molecule has 130 valence electrons. The second kappa shape index (κ2) is 7.17. The number of amides is 1. The van der Waals surface area contributed by atoms with Crippen LogP contribution < -0.4 is 9.64 Å². The van der Waals surface area contributed by atoms with Crippen molar-refractivity contribution >= 4 is 23.4 Å². The fraction of sp³-hybridized carbons (Fsp3) is 0.100. The number of nitrogens with zero attached hydrogens (tertiary/aromatic N) is 2. The lowest BCUT2D eigenvalue weighted by Crippen LogP contribution is -2.35. The number of pyridine rings is 1. The van der Waals surface area contributed by atoms with Gasteiger partial charge in [-0.05, 0) is 60.7 Å². The molecule has 0 radical (unpaired) electrons. The summed E-state index contributed by atoms with van der Waals surface area (Å²) in [6.45, 7) is 0.649. The van der Waals surface area contributed by atoms with Crippen molar-refractivity contribution in [3.05, 3.63) is 78.2 Å². The van der Waals surface area contributed by atoms with Gasteiger partial charge in [-0.1, -0.05) is 0 Å². The number of halogens is 1. The summed E-state index contributed by atoms with van der Waals surface area (Å²) in [6, 6.07) is 16.5. The molecule has 0 unspecified atom stereocenters. The zero-order valence-electron chi connectivity index (χ0n) is 13.8. The summed E-state index contributed by atoms with van der Waals surface area (Å²) in [5, 5.41) is 0.878. The molecule has 6 heteroatoms. The summed E-state index contributed by atoms with van der Waals surface area (Å²) in [6.07, 6.45) is 1.74. The minimum Gasteiger partial charge on any atom is -0.457 e. The molecule has 0 N–H and O–H groups in total. The molecule has 1 aliphatic heterocycles. The van der Waals surface area contributed by atoms with Gasteiger partial charge in [0.25, 0.3) is 5.91 Å². The van der Waals surface area contributed by atoms with E-state index in [0.29, 0.717) is 23.6 Å². The minimum atomic E-state index is -0.312. The van der Waals surface area contributed by atoms with E-state index in [1.165, 1.54) is 12.1 Å². The highest BCUT2D eigenvalue weighted by molar-refractivity contribution is 7.99. The molecule has 0 bridgehead atoms. The first-order valence-corrected chi connectivity index (χ1v) is 9.12. The van der Waals surface area contributed by atoms with Gasteiger partial charge in [0.05, 0.1) is 5.69 Å². The number of fused-ring (bicyclic) bond motifs is 1. The van der Waals surface area contributed by atoms with Crippen molar-refractivity contribution in [2.75, 3.05) is 17.2 Å². The number of carbonyl (C=O) groups excluding carboxylic acids is 1. The smallest absolute Gasteiger partial charge is 0.258 e. The number of hydrogen-bond donors (Lipinski definition) is 0. The number of benzene rings is 2. The second-order valence-electron chi connectivity index (χ2n) is 5.71. The highest BCUT2D eigenvalue weighted by Gasteiger charge is 2.24. The van der Waals surface area contributed by atoms with Crippen LogP contribution >= 0.6 is 11.8 Å². The number of thioether (sulfide) groups is 1. The van der Waals surface area contributed by atoms with Crippen molar-refractivity contribution in [2.24, 2.45) is 0 Å². The van der Waals surface area contributed by atoms with Gasteiger partial charge in [0.1, 0.15) is 22.3 Å². The van der Waals surface area contributed by atoms with Gasteiger partial charge in [0.15, 0.2) is 0 Å². The van der Waals surface area contributed by atoms with Crippen LogP contribution in [-0.4, -0.2) is 23.2 Å². The third-order valence-corrected chi connectivity index (χ3v) is 4.97. The van der Waals surface area contributed by atoms with E-state index in [9.17, 15) is 9.18 Å². The molecule has 0 spiro atoms. The van der Waals surface area contributed by atoms with Crippen LogP contribution in [0.25, 0.3) is 0 Å². The molecule has 2 aromatic carbocycles. The van der Waals surface area contributed by atoms with Crippen molar-refractivity contribution < 1.29 is 13.9 Å². The van der Waals surface area contributed by atoms with E-state index in [4.69, 9.17) is 4.74 Å². The number of anilines is 1. The van der Waals surface area contributed by atoms with Crippen molar-refractivity contribution in [1.29, 1.82) is 0 Å². The van der Waals surface area contributed by atoms with Crippen molar-refractivity contribution in [1.82, 2.24) is 4.98 Å². The van der Waals surface area contributed by atoms with Crippen LogP contribution in [-0.2, 0) is 0 Å². The molecule has 0 saturated carbocycles. The first-order valence-electron chi connectivity index (χ1n) is 8.14. The van der Waals surface area contributed by atoms with E-state index >= 15 is 0 Å². The lowest BCUT2D eigenvalue weighted by molar-refractivity contribution is 0.0987. The first kappa shape index (κ1) is 16.6. The quantitative estimate of drug-likeness (QED) is 0.670. The Labute approximate surface area is 154 Å². The second-order valence-corrected chi connectivity index (χ2v) is 6.80. The van der Waals surface area contributed by atoms with Gasteiger partial charge >= 0.3 is 0 Å².